The smallest absolute Gasteiger partial charge is 0.225 e. The van der Waals surface area contributed by atoms with Crippen LogP contribution in [0.15, 0.2) is 12.2 Å². The normalized spacial score (nSPS) is 17.0. The fraction of sp³-hybridized carbons (Fsp3) is 0.333. The number of rotatable bonds is 0. The molecule has 0 aromatic carbocycles. The number of carbonyl (C=O) groups excluding carboxylic acids is 1. The number of hydrogen-bond acceptors (Lipinski definition) is 2. The first-order valence-corrected chi connectivity index (χ1v) is 2.75. The maximum Gasteiger partial charge on any atom is 0.225 e. The molecule has 1 aliphatic heterocycles. The topological polar surface area (TPSA) is 44.2 Å². The Bertz CT molecular complexity index is 183. The SMILES string of the molecule is CC(=O)N1CC=CC1=N. The van der Waals surface area contributed by atoms with E-state index < -0.39 is 0 Å². The molecule has 0 bridgehead atoms. The third kappa shape index (κ3) is 0.988. The van der Waals surface area contributed by atoms with Crippen molar-refractivity contribution >= 4 is 11.7 Å². The van der Waals surface area contributed by atoms with Gasteiger partial charge in [0.15, 0.2) is 0 Å². The Balaban J connectivity index is 2.66. The van der Waals surface area contributed by atoms with Gasteiger partial charge in [-0.15, -0.1) is 0 Å². The fourth-order valence-corrected chi connectivity index (χ4v) is 0.756. The Morgan fingerprint density at radius 3 is 2.78 bits per heavy atom. The van der Waals surface area contributed by atoms with Gasteiger partial charge >= 0.3 is 0 Å². The molecule has 48 valence electrons. The minimum absolute atomic E-state index is 0.0648. The molecule has 1 rings (SSSR count). The predicted octanol–water partition coefficient (Wildman–Crippen LogP) is 0.382. The van der Waals surface area contributed by atoms with Crippen molar-refractivity contribution in [1.29, 1.82) is 5.41 Å². The van der Waals surface area contributed by atoms with Gasteiger partial charge in [0.1, 0.15) is 5.84 Å². The van der Waals surface area contributed by atoms with Crippen molar-refractivity contribution in [3.05, 3.63) is 12.2 Å². The summed E-state index contributed by atoms with van der Waals surface area (Å²) in [6.45, 7) is 2.02. The van der Waals surface area contributed by atoms with Crippen LogP contribution in [0.3, 0.4) is 0 Å². The molecule has 1 aliphatic rings. The van der Waals surface area contributed by atoms with Crippen LogP contribution in [0.1, 0.15) is 6.92 Å². The predicted molar refractivity (Wildman–Crippen MR) is 34.3 cm³/mol. The summed E-state index contributed by atoms with van der Waals surface area (Å²) in [5, 5.41) is 7.15. The number of amides is 1. The largest absolute Gasteiger partial charge is 0.294 e. The van der Waals surface area contributed by atoms with E-state index in [1.807, 2.05) is 0 Å². The lowest BCUT2D eigenvalue weighted by Gasteiger charge is -2.11. The highest BCUT2D eigenvalue weighted by Gasteiger charge is 2.13. The molecule has 0 aliphatic carbocycles. The monoisotopic (exact) mass is 124 g/mol. The summed E-state index contributed by atoms with van der Waals surface area (Å²) in [5.41, 5.74) is 0. The third-order valence-electron chi connectivity index (χ3n) is 1.23. The first kappa shape index (κ1) is 6.01. The molecule has 3 heteroatoms. The molecule has 3 nitrogen and oxygen atoms in total. The molecule has 1 heterocycles. The van der Waals surface area contributed by atoms with Crippen LogP contribution in [-0.4, -0.2) is 23.2 Å². The minimum atomic E-state index is -0.0648. The Morgan fingerprint density at radius 2 is 2.56 bits per heavy atom. The zero-order valence-corrected chi connectivity index (χ0v) is 5.22. The maximum absolute atomic E-state index is 10.6. The van der Waals surface area contributed by atoms with Crippen molar-refractivity contribution in [3.8, 4) is 0 Å². The van der Waals surface area contributed by atoms with Crippen molar-refractivity contribution < 1.29 is 4.79 Å². The highest BCUT2D eigenvalue weighted by Crippen LogP contribution is 2.00. The second-order valence-corrected chi connectivity index (χ2v) is 1.92. The Hall–Kier alpha value is -1.12. The van der Waals surface area contributed by atoms with Crippen LogP contribution in [0.5, 0.6) is 0 Å². The van der Waals surface area contributed by atoms with Gasteiger partial charge in [-0.05, 0) is 6.08 Å². The van der Waals surface area contributed by atoms with Gasteiger partial charge in [0.2, 0.25) is 5.91 Å². The summed E-state index contributed by atoms with van der Waals surface area (Å²) >= 11 is 0. The van der Waals surface area contributed by atoms with E-state index in [0.29, 0.717) is 12.4 Å². The van der Waals surface area contributed by atoms with Gasteiger partial charge < -0.3 is 0 Å². The lowest BCUT2D eigenvalue weighted by atomic mass is 10.5. The lowest BCUT2D eigenvalue weighted by Crippen LogP contribution is -2.29. The summed E-state index contributed by atoms with van der Waals surface area (Å²) < 4.78 is 0. The standard InChI is InChI=1S/C6H8N2O/c1-5(9)8-4-2-3-6(8)7/h2-3,7H,4H2,1H3. The molecule has 0 aromatic rings. The Morgan fingerprint density at radius 1 is 1.89 bits per heavy atom. The van der Waals surface area contributed by atoms with Gasteiger partial charge in [-0.1, -0.05) is 6.08 Å². The number of carbonyl (C=O) groups is 1. The molecule has 0 radical (unpaired) electrons. The summed E-state index contributed by atoms with van der Waals surface area (Å²) in [4.78, 5) is 12.0. The van der Waals surface area contributed by atoms with Crippen molar-refractivity contribution in [3.63, 3.8) is 0 Å². The van der Waals surface area contributed by atoms with Gasteiger partial charge in [0.05, 0.1) is 0 Å². The van der Waals surface area contributed by atoms with E-state index >= 15 is 0 Å². The second-order valence-electron chi connectivity index (χ2n) is 1.92. The van der Waals surface area contributed by atoms with Gasteiger partial charge in [-0.2, -0.15) is 0 Å². The van der Waals surface area contributed by atoms with E-state index in [2.05, 4.69) is 0 Å². The highest BCUT2D eigenvalue weighted by atomic mass is 16.2. The Kier molecular flexibility index (Phi) is 1.34. The molecular formula is C6H8N2O. The maximum atomic E-state index is 10.6. The van der Waals surface area contributed by atoms with Gasteiger partial charge in [0, 0.05) is 13.5 Å². The highest BCUT2D eigenvalue weighted by molar-refractivity contribution is 6.03. The molecule has 0 unspecified atom stereocenters. The molecule has 1 N–H and O–H groups in total. The van der Waals surface area contributed by atoms with E-state index in [1.165, 1.54) is 11.8 Å². The van der Waals surface area contributed by atoms with Gasteiger partial charge in [-0.25, -0.2) is 0 Å². The number of nitrogens with one attached hydrogen (secondary N) is 1. The Labute approximate surface area is 53.5 Å². The molecule has 0 atom stereocenters. The first-order chi connectivity index (χ1) is 4.22. The molecule has 0 spiro atoms. The van der Waals surface area contributed by atoms with E-state index in [4.69, 9.17) is 5.41 Å². The van der Waals surface area contributed by atoms with E-state index in [1.54, 1.807) is 12.2 Å². The quantitative estimate of drug-likeness (QED) is 0.498. The molecule has 0 saturated heterocycles. The third-order valence-corrected chi connectivity index (χ3v) is 1.23. The zero-order chi connectivity index (χ0) is 6.85. The van der Waals surface area contributed by atoms with Gasteiger partial charge in [-0.3, -0.25) is 15.1 Å². The van der Waals surface area contributed by atoms with Crippen LogP contribution in [-0.2, 0) is 4.79 Å². The van der Waals surface area contributed by atoms with Crippen molar-refractivity contribution in [2.24, 2.45) is 0 Å². The van der Waals surface area contributed by atoms with Crippen molar-refractivity contribution in [1.82, 2.24) is 4.90 Å². The van der Waals surface area contributed by atoms with Crippen LogP contribution < -0.4 is 0 Å². The van der Waals surface area contributed by atoms with Crippen LogP contribution in [0.25, 0.3) is 0 Å². The van der Waals surface area contributed by atoms with Crippen LogP contribution >= 0.6 is 0 Å². The first-order valence-electron chi connectivity index (χ1n) is 2.75. The van der Waals surface area contributed by atoms with E-state index in [-0.39, 0.29) is 5.91 Å². The summed E-state index contributed by atoms with van der Waals surface area (Å²) in [5.74, 6) is 0.229. The number of hydrogen-bond donors (Lipinski definition) is 1. The lowest BCUT2D eigenvalue weighted by molar-refractivity contribution is -0.124. The van der Waals surface area contributed by atoms with Crippen LogP contribution in [0.2, 0.25) is 0 Å². The van der Waals surface area contributed by atoms with Crippen molar-refractivity contribution in [2.45, 2.75) is 6.92 Å². The molecule has 0 aromatic heterocycles. The molecule has 0 fully saturated rings. The minimum Gasteiger partial charge on any atom is -0.294 e. The van der Waals surface area contributed by atoms with Crippen molar-refractivity contribution in [2.75, 3.05) is 6.54 Å². The molecule has 9 heavy (non-hydrogen) atoms. The van der Waals surface area contributed by atoms with Crippen LogP contribution in [0.4, 0.5) is 0 Å². The average molecular weight is 124 g/mol. The average Bonchev–Trinajstić information content (AvgIpc) is 2.13. The summed E-state index contributed by atoms with van der Waals surface area (Å²) in [7, 11) is 0. The fourth-order valence-electron chi connectivity index (χ4n) is 0.756. The number of nitrogens with zero attached hydrogens (tertiary/aromatic N) is 1. The second kappa shape index (κ2) is 2.01. The molecular weight excluding hydrogens is 116 g/mol. The number of amidine groups is 1. The van der Waals surface area contributed by atoms with Crippen LogP contribution in [0, 0.1) is 5.41 Å². The van der Waals surface area contributed by atoms with E-state index in [0.717, 1.165) is 0 Å². The summed E-state index contributed by atoms with van der Waals surface area (Å²) in [6.07, 6.45) is 3.42. The van der Waals surface area contributed by atoms with E-state index in [9.17, 15) is 4.79 Å². The summed E-state index contributed by atoms with van der Waals surface area (Å²) in [6, 6.07) is 0. The van der Waals surface area contributed by atoms with Gasteiger partial charge in [0.25, 0.3) is 0 Å². The molecule has 0 saturated carbocycles. The molecule has 1 amide bonds. The zero-order valence-electron chi connectivity index (χ0n) is 5.22.